The Hall–Kier alpha value is -4.60. The molecule has 3 aromatic heterocycles. The van der Waals surface area contributed by atoms with Crippen molar-refractivity contribution >= 4 is 39.8 Å². The molecule has 0 saturated carbocycles. The van der Waals surface area contributed by atoms with Crippen LogP contribution in [0.15, 0.2) is 76.2 Å². The summed E-state index contributed by atoms with van der Waals surface area (Å²) in [6.45, 7) is 0.161. The predicted octanol–water partition coefficient (Wildman–Crippen LogP) is 6.22. The van der Waals surface area contributed by atoms with Gasteiger partial charge in [-0.05, 0) is 48.0 Å². The second kappa shape index (κ2) is 8.20. The van der Waals surface area contributed by atoms with Crippen molar-refractivity contribution in [3.63, 3.8) is 0 Å². The van der Waals surface area contributed by atoms with Crippen molar-refractivity contribution in [1.29, 1.82) is 0 Å². The number of fused-ring (bicyclic) bond motifs is 7. The van der Waals surface area contributed by atoms with Crippen molar-refractivity contribution in [2.45, 2.75) is 5.92 Å². The Kier molecular flexibility index (Phi) is 4.71. The largest absolute Gasteiger partial charge is 0.454 e. The van der Waals surface area contributed by atoms with Crippen molar-refractivity contribution in [2.24, 2.45) is 0 Å². The molecular weight excluding hydrogens is 543 g/mol. The Morgan fingerprint density at radius 2 is 1.79 bits per heavy atom. The average molecular weight is 557 g/mol. The SMILES string of the molecule is O=c1oc2ccccc2c2c1C(c1ccc(Cl)c(Cl)c1)c1c(ncn3nc(-c4ccc5c(c4)OCO5)nc13)O2. The van der Waals surface area contributed by atoms with E-state index in [2.05, 4.69) is 10.1 Å². The molecule has 0 saturated heterocycles. The summed E-state index contributed by atoms with van der Waals surface area (Å²) in [5.74, 6) is 1.70. The zero-order valence-electron chi connectivity index (χ0n) is 19.7. The minimum absolute atomic E-state index is 0.161. The van der Waals surface area contributed by atoms with E-state index in [1.54, 1.807) is 28.8 Å². The summed E-state index contributed by atoms with van der Waals surface area (Å²) in [6, 6.07) is 17.9. The number of para-hydroxylation sites is 1. The zero-order chi connectivity index (χ0) is 26.2. The average Bonchev–Trinajstić information content (AvgIpc) is 3.60. The van der Waals surface area contributed by atoms with Crippen LogP contribution in [0.3, 0.4) is 0 Å². The van der Waals surface area contributed by atoms with E-state index >= 15 is 0 Å². The molecule has 0 fully saturated rings. The Balaban J connectivity index is 1.41. The van der Waals surface area contributed by atoms with E-state index in [1.807, 2.05) is 36.4 Å². The summed E-state index contributed by atoms with van der Waals surface area (Å²) in [4.78, 5) is 22.9. The number of ether oxygens (including phenoxy) is 3. The summed E-state index contributed by atoms with van der Waals surface area (Å²) in [7, 11) is 0. The molecule has 2 aliphatic heterocycles. The molecule has 5 heterocycles. The normalized spacial score (nSPS) is 15.3. The van der Waals surface area contributed by atoms with Gasteiger partial charge in [0.2, 0.25) is 12.7 Å². The topological polar surface area (TPSA) is 101 Å². The molecule has 190 valence electrons. The van der Waals surface area contributed by atoms with E-state index in [-0.39, 0.29) is 6.79 Å². The quantitative estimate of drug-likeness (QED) is 0.231. The van der Waals surface area contributed by atoms with E-state index in [1.165, 1.54) is 6.33 Å². The standard InChI is InChI=1S/C28H14Cl2N4O5/c29-16-7-5-13(9-17(16)30)21-22-24(15-3-1-2-4-18(15)38-28(22)35)39-27-23(21)26-32-25(33-34(26)11-31-27)14-6-8-19-20(10-14)37-12-36-19/h1-11,21H,12H2. The van der Waals surface area contributed by atoms with Gasteiger partial charge >= 0.3 is 5.63 Å². The van der Waals surface area contributed by atoms with Gasteiger partial charge in [0.05, 0.1) is 32.5 Å². The van der Waals surface area contributed by atoms with Gasteiger partial charge in [0.25, 0.3) is 0 Å². The van der Waals surface area contributed by atoms with Crippen molar-refractivity contribution in [2.75, 3.05) is 6.79 Å². The molecule has 0 radical (unpaired) electrons. The Morgan fingerprint density at radius 1 is 0.923 bits per heavy atom. The van der Waals surface area contributed by atoms with E-state index in [0.29, 0.717) is 72.3 Å². The smallest absolute Gasteiger partial charge is 0.344 e. The second-order valence-electron chi connectivity index (χ2n) is 9.07. The fraction of sp³-hybridized carbons (Fsp3) is 0.0714. The molecule has 1 atom stereocenters. The molecule has 11 heteroatoms. The highest BCUT2D eigenvalue weighted by molar-refractivity contribution is 6.42. The van der Waals surface area contributed by atoms with Crippen molar-refractivity contribution < 1.29 is 18.6 Å². The minimum atomic E-state index is -0.677. The minimum Gasteiger partial charge on any atom is -0.454 e. The van der Waals surface area contributed by atoms with Gasteiger partial charge in [0.1, 0.15) is 11.9 Å². The molecule has 0 spiro atoms. The monoisotopic (exact) mass is 556 g/mol. The first-order valence-electron chi connectivity index (χ1n) is 11.9. The summed E-state index contributed by atoms with van der Waals surface area (Å²) in [5.41, 5.74) is 2.61. The summed E-state index contributed by atoms with van der Waals surface area (Å²) >= 11 is 12.7. The number of aromatic nitrogens is 4. The summed E-state index contributed by atoms with van der Waals surface area (Å²) in [5, 5.41) is 6.03. The molecular formula is C28H14Cl2N4O5. The van der Waals surface area contributed by atoms with Crippen molar-refractivity contribution in [3.05, 3.63) is 104 Å². The molecule has 3 aromatic carbocycles. The van der Waals surface area contributed by atoms with Crippen LogP contribution in [0.2, 0.25) is 10.0 Å². The van der Waals surface area contributed by atoms with Crippen LogP contribution in [0, 0.1) is 0 Å². The number of hydrogen-bond donors (Lipinski definition) is 0. The lowest BCUT2D eigenvalue weighted by atomic mass is 9.84. The van der Waals surface area contributed by atoms with Crippen LogP contribution in [-0.2, 0) is 0 Å². The second-order valence-corrected chi connectivity index (χ2v) is 9.89. The lowest BCUT2D eigenvalue weighted by Gasteiger charge is -2.27. The molecule has 9 nitrogen and oxygen atoms in total. The third kappa shape index (κ3) is 3.33. The van der Waals surface area contributed by atoms with E-state index < -0.39 is 11.5 Å². The fourth-order valence-electron chi connectivity index (χ4n) is 5.11. The van der Waals surface area contributed by atoms with Crippen LogP contribution in [0.1, 0.15) is 22.6 Å². The third-order valence-corrected chi connectivity index (χ3v) is 7.61. The third-order valence-electron chi connectivity index (χ3n) is 6.87. The first-order chi connectivity index (χ1) is 19.0. The number of hydrogen-bond acceptors (Lipinski definition) is 8. The fourth-order valence-corrected chi connectivity index (χ4v) is 5.42. The molecule has 8 rings (SSSR count). The molecule has 0 amide bonds. The number of halogens is 2. The molecule has 1 unspecified atom stereocenters. The van der Waals surface area contributed by atoms with Crippen LogP contribution in [0.25, 0.3) is 28.0 Å². The van der Waals surface area contributed by atoms with Gasteiger partial charge in [-0.15, -0.1) is 5.10 Å². The maximum atomic E-state index is 13.5. The summed E-state index contributed by atoms with van der Waals surface area (Å²) < 4.78 is 24.5. The van der Waals surface area contributed by atoms with Gasteiger partial charge in [-0.3, -0.25) is 0 Å². The van der Waals surface area contributed by atoms with Crippen LogP contribution in [0.5, 0.6) is 23.1 Å². The highest BCUT2D eigenvalue weighted by Gasteiger charge is 2.38. The first-order valence-corrected chi connectivity index (χ1v) is 12.6. The van der Waals surface area contributed by atoms with Crippen LogP contribution < -0.4 is 19.8 Å². The maximum Gasteiger partial charge on any atom is 0.344 e. The highest BCUT2D eigenvalue weighted by Crippen LogP contribution is 2.49. The number of benzene rings is 3. The first kappa shape index (κ1) is 22.4. The van der Waals surface area contributed by atoms with Crippen molar-refractivity contribution in [1.82, 2.24) is 19.6 Å². The lowest BCUT2D eigenvalue weighted by molar-refractivity contribution is 0.174. The van der Waals surface area contributed by atoms with E-state index in [4.69, 9.17) is 46.8 Å². The molecule has 0 aliphatic carbocycles. The van der Waals surface area contributed by atoms with Gasteiger partial charge in [-0.25, -0.2) is 19.3 Å². The lowest BCUT2D eigenvalue weighted by Crippen LogP contribution is -2.22. The van der Waals surface area contributed by atoms with Crippen LogP contribution in [0.4, 0.5) is 0 Å². The maximum absolute atomic E-state index is 13.5. The van der Waals surface area contributed by atoms with E-state index in [9.17, 15) is 4.79 Å². The Morgan fingerprint density at radius 3 is 2.69 bits per heavy atom. The number of rotatable bonds is 2. The van der Waals surface area contributed by atoms with Gasteiger partial charge in [-0.2, -0.15) is 0 Å². The van der Waals surface area contributed by atoms with Gasteiger partial charge in [0.15, 0.2) is 28.7 Å². The Labute approximate surface area is 229 Å². The molecule has 6 aromatic rings. The molecule has 0 bridgehead atoms. The van der Waals surface area contributed by atoms with Gasteiger partial charge in [-0.1, -0.05) is 41.4 Å². The van der Waals surface area contributed by atoms with Crippen LogP contribution in [-0.4, -0.2) is 26.4 Å². The van der Waals surface area contributed by atoms with E-state index in [0.717, 1.165) is 5.56 Å². The number of nitrogens with zero attached hydrogens (tertiary/aromatic N) is 4. The molecule has 0 N–H and O–H groups in total. The van der Waals surface area contributed by atoms with Gasteiger partial charge < -0.3 is 18.6 Å². The molecule has 2 aliphatic rings. The van der Waals surface area contributed by atoms with Crippen molar-refractivity contribution in [3.8, 4) is 34.5 Å². The Bertz CT molecular complexity index is 2050. The highest BCUT2D eigenvalue weighted by atomic mass is 35.5. The summed E-state index contributed by atoms with van der Waals surface area (Å²) in [6.07, 6.45) is 1.53. The zero-order valence-corrected chi connectivity index (χ0v) is 21.2. The predicted molar refractivity (Wildman–Crippen MR) is 142 cm³/mol. The van der Waals surface area contributed by atoms with Crippen LogP contribution >= 0.6 is 23.2 Å². The molecule has 39 heavy (non-hydrogen) atoms. The van der Waals surface area contributed by atoms with Gasteiger partial charge in [0, 0.05) is 5.56 Å².